The second kappa shape index (κ2) is 21.9. The van der Waals surface area contributed by atoms with E-state index in [2.05, 4.69) is 10.3 Å². The van der Waals surface area contributed by atoms with E-state index < -0.39 is 17.8 Å². The van der Waals surface area contributed by atoms with Gasteiger partial charge < -0.3 is 43.0 Å². The molecular weight excluding hydrogens is 722 g/mol. The van der Waals surface area contributed by atoms with E-state index in [1.807, 2.05) is 0 Å². The summed E-state index contributed by atoms with van der Waals surface area (Å²) in [5.74, 6) is -1.41. The van der Waals surface area contributed by atoms with E-state index in [1.165, 1.54) is 0 Å². The summed E-state index contributed by atoms with van der Waals surface area (Å²) in [4.78, 5) is 56.7. The Labute approximate surface area is 310 Å². The second-order valence-corrected chi connectivity index (χ2v) is 11.8. The van der Waals surface area contributed by atoms with Crippen molar-refractivity contribution >= 4 is 69.2 Å². The third-order valence-corrected chi connectivity index (χ3v) is 7.68. The van der Waals surface area contributed by atoms with Crippen LogP contribution in [0, 0.1) is 0 Å². The van der Waals surface area contributed by atoms with Gasteiger partial charge in [0.1, 0.15) is 16.3 Å². The number of nitrogens with one attached hydrogen (secondary N) is 1. The Kier molecular flexibility index (Phi) is 17.1. The van der Waals surface area contributed by atoms with Crippen molar-refractivity contribution in [2.75, 3.05) is 73.2 Å². The summed E-state index contributed by atoms with van der Waals surface area (Å²) < 4.78 is 38.4. The Morgan fingerprint density at radius 1 is 0.808 bits per heavy atom. The molecule has 4 rings (SSSR count). The largest absolute Gasteiger partial charge is 0.497 e. The average Bonchev–Trinajstić information content (AvgIpc) is 3.45. The number of thiocarbonyl (C=S) groups is 1. The van der Waals surface area contributed by atoms with Gasteiger partial charge in [0, 0.05) is 23.3 Å². The molecule has 1 aliphatic rings. The maximum Gasteiger partial charge on any atom is 0.335 e. The number of amides is 3. The number of ether oxygens (including phenoxy) is 6. The van der Waals surface area contributed by atoms with E-state index in [0.717, 1.165) is 0 Å². The molecule has 0 spiro atoms. The molecule has 1 aliphatic heterocycles. The number of methoxy groups -OCH3 is 1. The van der Waals surface area contributed by atoms with Gasteiger partial charge in [-0.1, -0.05) is 23.8 Å². The first-order chi connectivity index (χ1) is 25.2. The summed E-state index contributed by atoms with van der Waals surface area (Å²) >= 11 is 11.7. The Hall–Kier alpha value is -4.29. The SMILES string of the molecule is COc1ccc(N=c2oc3ccc(Cl)cc3cc2C(=S)NC(=O)CCOCCOCCOCCOCCOCCC(=O)ON2C(=O)CCC2=O)cc1. The van der Waals surface area contributed by atoms with Crippen LogP contribution in [0.4, 0.5) is 5.69 Å². The van der Waals surface area contributed by atoms with Crippen LogP contribution in [0.1, 0.15) is 31.2 Å². The smallest absolute Gasteiger partial charge is 0.335 e. The van der Waals surface area contributed by atoms with E-state index in [9.17, 15) is 19.2 Å². The highest BCUT2D eigenvalue weighted by atomic mass is 35.5. The van der Waals surface area contributed by atoms with Crippen LogP contribution in [0.5, 0.6) is 5.75 Å². The van der Waals surface area contributed by atoms with Gasteiger partial charge in [-0.3, -0.25) is 14.4 Å². The lowest BCUT2D eigenvalue weighted by molar-refractivity contribution is -0.198. The van der Waals surface area contributed by atoms with Crippen LogP contribution >= 0.6 is 23.8 Å². The molecule has 0 saturated carbocycles. The molecular formula is C35H40ClN3O12S. The highest BCUT2D eigenvalue weighted by Crippen LogP contribution is 2.21. The Morgan fingerprint density at radius 3 is 1.94 bits per heavy atom. The van der Waals surface area contributed by atoms with Gasteiger partial charge >= 0.3 is 5.97 Å². The first-order valence-corrected chi connectivity index (χ1v) is 17.2. The molecule has 0 unspecified atom stereocenters. The molecule has 0 aliphatic carbocycles. The fourth-order valence-corrected chi connectivity index (χ4v) is 4.93. The van der Waals surface area contributed by atoms with Crippen LogP contribution in [0.2, 0.25) is 5.02 Å². The number of imide groups is 1. The topological polar surface area (TPSA) is 174 Å². The number of halogens is 1. The second-order valence-electron chi connectivity index (χ2n) is 10.9. The minimum absolute atomic E-state index is 0.0446. The Morgan fingerprint density at radius 2 is 1.37 bits per heavy atom. The average molecular weight is 762 g/mol. The molecule has 1 saturated heterocycles. The van der Waals surface area contributed by atoms with E-state index in [4.69, 9.17) is 61.5 Å². The molecule has 280 valence electrons. The van der Waals surface area contributed by atoms with Crippen molar-refractivity contribution in [3.8, 4) is 5.75 Å². The summed E-state index contributed by atoms with van der Waals surface area (Å²) in [6, 6.07) is 14.1. The van der Waals surface area contributed by atoms with Gasteiger partial charge in [0.05, 0.1) is 97.3 Å². The molecule has 17 heteroatoms. The lowest BCUT2D eigenvalue weighted by atomic mass is 10.2. The number of hydroxylamine groups is 2. The van der Waals surface area contributed by atoms with Crippen LogP contribution in [0.15, 0.2) is 57.9 Å². The zero-order chi connectivity index (χ0) is 37.1. The predicted octanol–water partition coefficient (Wildman–Crippen LogP) is 3.59. The molecule has 1 aromatic heterocycles. The number of nitrogens with zero attached hydrogens (tertiary/aromatic N) is 2. The number of carbonyl (C=O) groups excluding carboxylic acids is 4. The summed E-state index contributed by atoms with van der Waals surface area (Å²) in [6.07, 6.45) is 0.0675. The molecule has 1 N–H and O–H groups in total. The quantitative estimate of drug-likeness (QED) is 0.0895. The van der Waals surface area contributed by atoms with E-state index in [1.54, 1.807) is 55.6 Å². The van der Waals surface area contributed by atoms with Crippen LogP contribution < -0.4 is 15.6 Å². The standard InChI is InChI=1S/C35H40ClN3O12S/c1-44-27-5-3-26(4-6-27)37-34-28(23-24-22-25(36)2-7-29(24)50-34)35(52)38-30(40)10-12-45-14-16-47-18-20-49-21-19-48-17-15-46-13-11-33(43)51-39-31(41)8-9-32(39)42/h2-7,22-23H,8-21H2,1H3,(H,38,40,52). The van der Waals surface area contributed by atoms with Crippen LogP contribution in [-0.4, -0.2) is 107 Å². The van der Waals surface area contributed by atoms with Crippen molar-refractivity contribution in [2.45, 2.75) is 25.7 Å². The molecule has 3 aromatic rings. The third kappa shape index (κ3) is 13.7. The first-order valence-electron chi connectivity index (χ1n) is 16.4. The van der Waals surface area contributed by atoms with Gasteiger partial charge in [0.25, 0.3) is 11.8 Å². The van der Waals surface area contributed by atoms with Crippen molar-refractivity contribution in [1.82, 2.24) is 10.4 Å². The molecule has 2 aromatic carbocycles. The molecule has 0 radical (unpaired) electrons. The molecule has 0 bridgehead atoms. The number of carbonyl (C=O) groups is 4. The zero-order valence-corrected chi connectivity index (χ0v) is 30.2. The van der Waals surface area contributed by atoms with Gasteiger partial charge in [-0.15, -0.1) is 5.06 Å². The number of hydrogen-bond acceptors (Lipinski definition) is 14. The fourth-order valence-electron chi connectivity index (χ4n) is 4.49. The van der Waals surface area contributed by atoms with Crippen molar-refractivity contribution < 1.29 is 56.9 Å². The monoisotopic (exact) mass is 761 g/mol. The minimum atomic E-state index is -0.717. The van der Waals surface area contributed by atoms with E-state index in [0.29, 0.717) is 84.3 Å². The van der Waals surface area contributed by atoms with Gasteiger partial charge in [-0.2, -0.15) is 0 Å². The first kappa shape index (κ1) is 40.5. The molecule has 15 nitrogen and oxygen atoms in total. The van der Waals surface area contributed by atoms with Crippen molar-refractivity contribution in [1.29, 1.82) is 0 Å². The van der Waals surface area contributed by atoms with Crippen molar-refractivity contribution in [3.63, 3.8) is 0 Å². The minimum Gasteiger partial charge on any atom is -0.497 e. The number of benzene rings is 2. The number of rotatable bonds is 22. The molecule has 3 amide bonds. The van der Waals surface area contributed by atoms with E-state index >= 15 is 0 Å². The molecule has 52 heavy (non-hydrogen) atoms. The van der Waals surface area contributed by atoms with Crippen molar-refractivity contribution in [2.24, 2.45) is 4.99 Å². The molecule has 0 atom stereocenters. The summed E-state index contributed by atoms with van der Waals surface area (Å²) in [5, 5.41) is 4.46. The van der Waals surface area contributed by atoms with Gasteiger partial charge in [0.15, 0.2) is 0 Å². The molecule has 1 fully saturated rings. The Bertz CT molecular complexity index is 1740. The highest BCUT2D eigenvalue weighted by Gasteiger charge is 2.32. The number of hydrogen-bond donors (Lipinski definition) is 1. The van der Waals surface area contributed by atoms with Crippen LogP contribution in [0.3, 0.4) is 0 Å². The zero-order valence-electron chi connectivity index (χ0n) is 28.6. The lowest BCUT2D eigenvalue weighted by Gasteiger charge is -2.12. The van der Waals surface area contributed by atoms with Crippen LogP contribution in [-0.2, 0) is 47.7 Å². The van der Waals surface area contributed by atoms with Gasteiger partial charge in [0.2, 0.25) is 11.5 Å². The fraction of sp³-hybridized carbons (Fsp3) is 0.429. The lowest BCUT2D eigenvalue weighted by Crippen LogP contribution is -2.33. The normalized spacial score (nSPS) is 13.2. The Balaban J connectivity index is 1.02. The van der Waals surface area contributed by atoms with Crippen LogP contribution in [0.25, 0.3) is 11.0 Å². The summed E-state index contributed by atoms with van der Waals surface area (Å²) in [7, 11) is 1.58. The summed E-state index contributed by atoms with van der Waals surface area (Å²) in [5.41, 5.74) is 1.82. The van der Waals surface area contributed by atoms with Crippen molar-refractivity contribution in [3.05, 3.63) is 64.7 Å². The molecule has 2 heterocycles. The number of fused-ring (bicyclic) bond motifs is 1. The van der Waals surface area contributed by atoms with Gasteiger partial charge in [-0.25, -0.2) is 9.79 Å². The maximum absolute atomic E-state index is 12.7. The maximum atomic E-state index is 12.7. The van der Waals surface area contributed by atoms with Gasteiger partial charge in [-0.05, 0) is 48.5 Å². The highest BCUT2D eigenvalue weighted by molar-refractivity contribution is 7.80. The summed E-state index contributed by atoms with van der Waals surface area (Å²) in [6.45, 7) is 2.85. The predicted molar refractivity (Wildman–Crippen MR) is 190 cm³/mol. The third-order valence-electron chi connectivity index (χ3n) is 7.12. The van der Waals surface area contributed by atoms with E-state index in [-0.39, 0.29) is 62.0 Å².